The van der Waals surface area contributed by atoms with Crippen LogP contribution in [0.4, 0.5) is 0 Å². The lowest BCUT2D eigenvalue weighted by Crippen LogP contribution is -1.99. The number of aldehydes is 1. The lowest BCUT2D eigenvalue weighted by molar-refractivity contribution is 0.112. The number of nitrogens with zero attached hydrogens (tertiary/aromatic N) is 2. The van der Waals surface area contributed by atoms with E-state index in [2.05, 4.69) is 9.38 Å². The van der Waals surface area contributed by atoms with E-state index < -0.39 is 0 Å². The summed E-state index contributed by atoms with van der Waals surface area (Å²) in [6.07, 6.45) is 7.82. The molecule has 0 amide bonds. The van der Waals surface area contributed by atoms with E-state index in [0.717, 1.165) is 17.6 Å². The Balaban J connectivity index is 2.20. The Morgan fingerprint density at radius 2 is 2.12 bits per heavy atom. The number of pyridine rings is 1. The van der Waals surface area contributed by atoms with E-state index in [4.69, 9.17) is 0 Å². The number of hydrogen-bond donors (Lipinski definition) is 0. The normalized spacial score (nSPS) is 17.0. The van der Waals surface area contributed by atoms with Crippen molar-refractivity contribution in [3.8, 4) is 0 Å². The summed E-state index contributed by atoms with van der Waals surface area (Å²) in [6.45, 7) is 0. The van der Waals surface area contributed by atoms with Gasteiger partial charge in [0.1, 0.15) is 11.5 Å². The second-order valence-corrected chi connectivity index (χ2v) is 4.41. The SMILES string of the molecule is O=Cc1nc(C2CCCC2)n2ccccc12. The number of imidazole rings is 1. The first-order valence-corrected chi connectivity index (χ1v) is 5.82. The minimum absolute atomic E-state index is 0.531. The predicted molar refractivity (Wildman–Crippen MR) is 61.8 cm³/mol. The molecule has 0 atom stereocenters. The van der Waals surface area contributed by atoms with Crippen LogP contribution in [0.25, 0.3) is 5.52 Å². The second-order valence-electron chi connectivity index (χ2n) is 4.41. The maximum absolute atomic E-state index is 11.0. The summed E-state index contributed by atoms with van der Waals surface area (Å²) in [5.74, 6) is 1.60. The van der Waals surface area contributed by atoms with Crippen LogP contribution in [-0.2, 0) is 0 Å². The van der Waals surface area contributed by atoms with Crippen LogP contribution in [0.15, 0.2) is 24.4 Å². The van der Waals surface area contributed by atoms with E-state index in [1.165, 1.54) is 25.7 Å². The zero-order valence-corrected chi connectivity index (χ0v) is 9.10. The molecule has 0 radical (unpaired) electrons. The fourth-order valence-corrected chi connectivity index (χ4v) is 2.64. The summed E-state index contributed by atoms with van der Waals surface area (Å²) in [5, 5.41) is 0. The molecule has 1 saturated carbocycles. The van der Waals surface area contributed by atoms with E-state index in [-0.39, 0.29) is 0 Å². The van der Waals surface area contributed by atoms with Gasteiger partial charge in [0.05, 0.1) is 5.52 Å². The summed E-state index contributed by atoms with van der Waals surface area (Å²) in [4.78, 5) is 15.5. The van der Waals surface area contributed by atoms with Crippen molar-refractivity contribution in [2.45, 2.75) is 31.6 Å². The van der Waals surface area contributed by atoms with E-state index in [9.17, 15) is 4.79 Å². The molecule has 1 aliphatic carbocycles. The van der Waals surface area contributed by atoms with Crippen LogP contribution in [0.2, 0.25) is 0 Å². The van der Waals surface area contributed by atoms with Crippen molar-refractivity contribution >= 4 is 11.8 Å². The summed E-state index contributed by atoms with van der Waals surface area (Å²) in [5.41, 5.74) is 1.50. The van der Waals surface area contributed by atoms with Crippen LogP contribution in [-0.4, -0.2) is 15.7 Å². The molecule has 3 rings (SSSR count). The van der Waals surface area contributed by atoms with Crippen LogP contribution < -0.4 is 0 Å². The van der Waals surface area contributed by atoms with Gasteiger partial charge < -0.3 is 4.40 Å². The third-order valence-corrected chi connectivity index (χ3v) is 3.44. The second kappa shape index (κ2) is 3.74. The standard InChI is InChI=1S/C13H14N2O/c16-9-11-12-7-3-4-8-15(12)13(14-11)10-5-1-2-6-10/h3-4,7-10H,1-2,5-6H2. The predicted octanol–water partition coefficient (Wildman–Crippen LogP) is 2.80. The first-order chi connectivity index (χ1) is 7.90. The maximum Gasteiger partial charge on any atom is 0.170 e. The van der Waals surface area contributed by atoms with Gasteiger partial charge in [-0.05, 0) is 25.0 Å². The molecule has 2 heterocycles. The Morgan fingerprint density at radius 3 is 2.88 bits per heavy atom. The molecule has 0 aliphatic heterocycles. The Kier molecular flexibility index (Phi) is 2.24. The molecule has 0 unspecified atom stereocenters. The molecule has 2 aromatic heterocycles. The van der Waals surface area contributed by atoms with Gasteiger partial charge >= 0.3 is 0 Å². The molecule has 3 nitrogen and oxygen atoms in total. The zero-order chi connectivity index (χ0) is 11.0. The topological polar surface area (TPSA) is 34.4 Å². The third-order valence-electron chi connectivity index (χ3n) is 3.44. The van der Waals surface area contributed by atoms with E-state index in [1.54, 1.807) is 0 Å². The number of rotatable bonds is 2. The van der Waals surface area contributed by atoms with Gasteiger partial charge in [-0.25, -0.2) is 4.98 Å². The molecule has 82 valence electrons. The van der Waals surface area contributed by atoms with Gasteiger partial charge in [0.2, 0.25) is 0 Å². The van der Waals surface area contributed by atoms with Gasteiger partial charge in [-0.2, -0.15) is 0 Å². The third kappa shape index (κ3) is 1.35. The quantitative estimate of drug-likeness (QED) is 0.720. The van der Waals surface area contributed by atoms with E-state index >= 15 is 0 Å². The molecule has 0 spiro atoms. The van der Waals surface area contributed by atoms with Gasteiger partial charge in [-0.15, -0.1) is 0 Å². The van der Waals surface area contributed by atoms with Crippen molar-refractivity contribution in [1.82, 2.24) is 9.38 Å². The Morgan fingerprint density at radius 1 is 1.31 bits per heavy atom. The lowest BCUT2D eigenvalue weighted by atomic mass is 10.1. The van der Waals surface area contributed by atoms with Crippen molar-refractivity contribution in [3.05, 3.63) is 35.9 Å². The van der Waals surface area contributed by atoms with E-state index in [0.29, 0.717) is 11.6 Å². The van der Waals surface area contributed by atoms with Gasteiger partial charge in [0.15, 0.2) is 6.29 Å². The molecule has 0 N–H and O–H groups in total. The molecule has 0 saturated heterocycles. The van der Waals surface area contributed by atoms with Crippen LogP contribution in [0.5, 0.6) is 0 Å². The average molecular weight is 214 g/mol. The van der Waals surface area contributed by atoms with Crippen molar-refractivity contribution < 1.29 is 4.79 Å². The highest BCUT2D eigenvalue weighted by Crippen LogP contribution is 2.34. The van der Waals surface area contributed by atoms with Gasteiger partial charge in [-0.3, -0.25) is 4.79 Å². The maximum atomic E-state index is 11.0. The summed E-state index contributed by atoms with van der Waals surface area (Å²) < 4.78 is 2.07. The summed E-state index contributed by atoms with van der Waals surface area (Å²) >= 11 is 0. The number of carbonyl (C=O) groups excluding carboxylic acids is 1. The summed E-state index contributed by atoms with van der Waals surface area (Å²) in [6, 6.07) is 5.89. The monoisotopic (exact) mass is 214 g/mol. The molecule has 1 aliphatic rings. The van der Waals surface area contributed by atoms with Crippen molar-refractivity contribution in [2.75, 3.05) is 0 Å². The molecule has 0 aromatic carbocycles. The first kappa shape index (κ1) is 9.58. The van der Waals surface area contributed by atoms with Crippen molar-refractivity contribution in [2.24, 2.45) is 0 Å². The fourth-order valence-electron chi connectivity index (χ4n) is 2.64. The number of hydrogen-bond acceptors (Lipinski definition) is 2. The fraction of sp³-hybridized carbons (Fsp3) is 0.385. The molecular weight excluding hydrogens is 200 g/mol. The Hall–Kier alpha value is -1.64. The minimum atomic E-state index is 0.531. The number of aromatic nitrogens is 2. The molecule has 0 bridgehead atoms. The smallest absolute Gasteiger partial charge is 0.170 e. The molecular formula is C13H14N2O. The van der Waals surface area contributed by atoms with E-state index in [1.807, 2.05) is 24.4 Å². The molecule has 1 fully saturated rings. The summed E-state index contributed by atoms with van der Waals surface area (Å²) in [7, 11) is 0. The minimum Gasteiger partial charge on any atom is -0.303 e. The highest BCUT2D eigenvalue weighted by Gasteiger charge is 2.22. The van der Waals surface area contributed by atoms with Gasteiger partial charge in [-0.1, -0.05) is 18.9 Å². The highest BCUT2D eigenvalue weighted by molar-refractivity contribution is 5.83. The van der Waals surface area contributed by atoms with Crippen molar-refractivity contribution in [3.63, 3.8) is 0 Å². The molecule has 3 heteroatoms. The molecule has 16 heavy (non-hydrogen) atoms. The largest absolute Gasteiger partial charge is 0.303 e. The number of fused-ring (bicyclic) bond motifs is 1. The van der Waals surface area contributed by atoms with Gasteiger partial charge in [0.25, 0.3) is 0 Å². The Bertz CT molecular complexity index is 524. The average Bonchev–Trinajstić information content (AvgIpc) is 2.95. The van der Waals surface area contributed by atoms with Crippen molar-refractivity contribution in [1.29, 1.82) is 0 Å². The van der Waals surface area contributed by atoms with Crippen LogP contribution in [0.3, 0.4) is 0 Å². The lowest BCUT2D eigenvalue weighted by Gasteiger charge is -2.06. The van der Waals surface area contributed by atoms with Crippen LogP contribution >= 0.6 is 0 Å². The highest BCUT2D eigenvalue weighted by atomic mass is 16.1. The zero-order valence-electron chi connectivity index (χ0n) is 9.10. The molecule has 2 aromatic rings. The van der Waals surface area contributed by atoms with Crippen LogP contribution in [0, 0.1) is 0 Å². The van der Waals surface area contributed by atoms with Crippen LogP contribution in [0.1, 0.15) is 47.9 Å². The number of carbonyl (C=O) groups is 1. The Labute approximate surface area is 94.1 Å². The first-order valence-electron chi connectivity index (χ1n) is 5.82. The van der Waals surface area contributed by atoms with Gasteiger partial charge in [0, 0.05) is 12.1 Å².